The number of nitrogens with zero attached hydrogens (tertiary/aromatic N) is 2. The van der Waals surface area contributed by atoms with Crippen LogP contribution in [0.25, 0.3) is 0 Å². The van der Waals surface area contributed by atoms with Crippen molar-refractivity contribution in [3.8, 4) is 5.75 Å². The lowest BCUT2D eigenvalue weighted by Gasteiger charge is -2.06. The Hall–Kier alpha value is -3.22. The highest BCUT2D eigenvalue weighted by molar-refractivity contribution is 6.01. The van der Waals surface area contributed by atoms with E-state index < -0.39 is 0 Å². The molecule has 0 atom stereocenters. The number of methoxy groups -OCH3 is 1. The molecule has 2 rings (SSSR count). The standard InChI is InChI=1S/C18H20N4O3/c1-13(10-17(23)20-12-14-4-3-9-19-11-14)21-22-18(24)15-5-7-16(25-2)8-6-15/h3-9,11H,10,12H2,1-2H3,(H,20,23)(H,22,24)/b21-13+. The van der Waals surface area contributed by atoms with Gasteiger partial charge in [-0.25, -0.2) is 5.43 Å². The van der Waals surface area contributed by atoms with Gasteiger partial charge < -0.3 is 10.1 Å². The molecule has 0 fully saturated rings. The third kappa shape index (κ3) is 6.06. The summed E-state index contributed by atoms with van der Waals surface area (Å²) in [7, 11) is 1.56. The third-order valence-electron chi connectivity index (χ3n) is 3.33. The summed E-state index contributed by atoms with van der Waals surface area (Å²) in [4.78, 5) is 27.8. The summed E-state index contributed by atoms with van der Waals surface area (Å²) >= 11 is 0. The van der Waals surface area contributed by atoms with Crippen molar-refractivity contribution < 1.29 is 14.3 Å². The van der Waals surface area contributed by atoms with Crippen LogP contribution in [0.1, 0.15) is 29.3 Å². The van der Waals surface area contributed by atoms with E-state index in [1.165, 1.54) is 0 Å². The van der Waals surface area contributed by atoms with E-state index in [2.05, 4.69) is 20.8 Å². The fourth-order valence-corrected chi connectivity index (χ4v) is 1.99. The zero-order valence-electron chi connectivity index (χ0n) is 14.2. The number of pyridine rings is 1. The fraction of sp³-hybridized carbons (Fsp3) is 0.222. The minimum absolute atomic E-state index is 0.100. The first-order valence-electron chi connectivity index (χ1n) is 7.71. The minimum atomic E-state index is -0.349. The fourth-order valence-electron chi connectivity index (χ4n) is 1.99. The van der Waals surface area contributed by atoms with Crippen LogP contribution in [-0.4, -0.2) is 29.6 Å². The summed E-state index contributed by atoms with van der Waals surface area (Å²) in [6.07, 6.45) is 3.47. The number of hydrogen-bond donors (Lipinski definition) is 2. The van der Waals surface area contributed by atoms with E-state index >= 15 is 0 Å². The number of carbonyl (C=O) groups is 2. The Balaban J connectivity index is 1.79. The van der Waals surface area contributed by atoms with Crippen molar-refractivity contribution in [1.29, 1.82) is 0 Å². The van der Waals surface area contributed by atoms with Gasteiger partial charge in [-0.15, -0.1) is 0 Å². The van der Waals surface area contributed by atoms with E-state index in [1.807, 2.05) is 12.1 Å². The van der Waals surface area contributed by atoms with E-state index in [1.54, 1.807) is 50.7 Å². The molecule has 7 heteroatoms. The molecule has 0 unspecified atom stereocenters. The molecule has 0 saturated carbocycles. The number of rotatable bonds is 7. The number of aromatic nitrogens is 1. The average molecular weight is 340 g/mol. The number of amides is 2. The SMILES string of the molecule is COc1ccc(C(=O)N/N=C(\C)CC(=O)NCc2cccnc2)cc1. The van der Waals surface area contributed by atoms with Gasteiger partial charge in [0.1, 0.15) is 5.75 Å². The maximum atomic E-state index is 12.0. The highest BCUT2D eigenvalue weighted by atomic mass is 16.5. The summed E-state index contributed by atoms with van der Waals surface area (Å²) in [5.74, 6) is 0.142. The monoisotopic (exact) mass is 340 g/mol. The van der Waals surface area contributed by atoms with Gasteiger partial charge in [0.05, 0.1) is 13.5 Å². The first-order valence-corrected chi connectivity index (χ1v) is 7.71. The molecule has 0 aliphatic carbocycles. The Morgan fingerprint density at radius 1 is 1.20 bits per heavy atom. The maximum absolute atomic E-state index is 12.0. The summed E-state index contributed by atoms with van der Waals surface area (Å²) in [6.45, 7) is 2.08. The van der Waals surface area contributed by atoms with Crippen LogP contribution in [0, 0.1) is 0 Å². The number of hydrazone groups is 1. The van der Waals surface area contributed by atoms with Crippen LogP contribution in [-0.2, 0) is 11.3 Å². The average Bonchev–Trinajstić information content (AvgIpc) is 2.65. The lowest BCUT2D eigenvalue weighted by atomic mass is 10.2. The number of hydrogen-bond acceptors (Lipinski definition) is 5. The second-order valence-electron chi connectivity index (χ2n) is 5.33. The highest BCUT2D eigenvalue weighted by Gasteiger charge is 2.07. The normalized spacial score (nSPS) is 10.9. The molecular weight excluding hydrogens is 320 g/mol. The molecule has 130 valence electrons. The van der Waals surface area contributed by atoms with Crippen LogP contribution < -0.4 is 15.5 Å². The van der Waals surface area contributed by atoms with E-state index in [9.17, 15) is 9.59 Å². The second-order valence-corrected chi connectivity index (χ2v) is 5.33. The van der Waals surface area contributed by atoms with Crippen molar-refractivity contribution in [2.45, 2.75) is 19.9 Å². The van der Waals surface area contributed by atoms with Crippen LogP contribution in [0.3, 0.4) is 0 Å². The predicted molar refractivity (Wildman–Crippen MR) is 94.3 cm³/mol. The van der Waals surface area contributed by atoms with Crippen LogP contribution in [0.15, 0.2) is 53.9 Å². The Bertz CT molecular complexity index is 743. The third-order valence-corrected chi connectivity index (χ3v) is 3.33. The maximum Gasteiger partial charge on any atom is 0.271 e. The topological polar surface area (TPSA) is 92.7 Å². The lowest BCUT2D eigenvalue weighted by Crippen LogP contribution is -2.26. The van der Waals surface area contributed by atoms with Gasteiger partial charge in [-0.3, -0.25) is 14.6 Å². The molecule has 0 aliphatic rings. The molecule has 0 spiro atoms. The van der Waals surface area contributed by atoms with Gasteiger partial charge in [-0.1, -0.05) is 6.07 Å². The molecule has 0 aliphatic heterocycles. The Morgan fingerprint density at radius 2 is 1.96 bits per heavy atom. The molecule has 25 heavy (non-hydrogen) atoms. The highest BCUT2D eigenvalue weighted by Crippen LogP contribution is 2.11. The van der Waals surface area contributed by atoms with Gasteiger partial charge in [0, 0.05) is 30.2 Å². The van der Waals surface area contributed by atoms with Gasteiger partial charge >= 0.3 is 0 Å². The summed E-state index contributed by atoms with van der Waals surface area (Å²) in [5, 5.41) is 6.73. The number of carbonyl (C=O) groups excluding carboxylic acids is 2. The molecule has 2 amide bonds. The van der Waals surface area contributed by atoms with Crippen LogP contribution in [0.5, 0.6) is 5.75 Å². The zero-order valence-corrected chi connectivity index (χ0v) is 14.2. The number of benzene rings is 1. The molecule has 0 bridgehead atoms. The molecule has 1 heterocycles. The Labute approximate surface area is 146 Å². The van der Waals surface area contributed by atoms with Crippen LogP contribution >= 0.6 is 0 Å². The van der Waals surface area contributed by atoms with Crippen molar-refractivity contribution in [2.75, 3.05) is 7.11 Å². The van der Waals surface area contributed by atoms with Gasteiger partial charge in [0.15, 0.2) is 0 Å². The van der Waals surface area contributed by atoms with Crippen LogP contribution in [0.4, 0.5) is 0 Å². The second kappa shape index (κ2) is 9.17. The first-order chi connectivity index (χ1) is 12.1. The van der Waals surface area contributed by atoms with Gasteiger partial charge in [0.25, 0.3) is 5.91 Å². The molecule has 0 radical (unpaired) electrons. The summed E-state index contributed by atoms with van der Waals surface area (Å²) < 4.78 is 5.04. The van der Waals surface area contributed by atoms with Crippen molar-refractivity contribution in [3.05, 3.63) is 59.9 Å². The zero-order chi connectivity index (χ0) is 18.1. The molecule has 2 aromatic rings. The Morgan fingerprint density at radius 3 is 2.60 bits per heavy atom. The molecule has 0 saturated heterocycles. The molecule has 7 nitrogen and oxygen atoms in total. The Kier molecular flexibility index (Phi) is 6.65. The summed E-state index contributed by atoms with van der Waals surface area (Å²) in [5.41, 5.74) is 4.31. The van der Waals surface area contributed by atoms with Gasteiger partial charge in [0.2, 0.25) is 5.91 Å². The number of nitrogens with one attached hydrogen (secondary N) is 2. The quantitative estimate of drug-likeness (QED) is 0.595. The largest absolute Gasteiger partial charge is 0.497 e. The molecule has 1 aromatic carbocycles. The number of ether oxygens (including phenoxy) is 1. The van der Waals surface area contributed by atoms with E-state index in [-0.39, 0.29) is 18.2 Å². The van der Waals surface area contributed by atoms with E-state index in [0.717, 1.165) is 5.56 Å². The minimum Gasteiger partial charge on any atom is -0.497 e. The van der Waals surface area contributed by atoms with Crippen molar-refractivity contribution in [1.82, 2.24) is 15.7 Å². The molecule has 2 N–H and O–H groups in total. The van der Waals surface area contributed by atoms with Gasteiger partial charge in [-0.05, 0) is 42.8 Å². The van der Waals surface area contributed by atoms with Crippen molar-refractivity contribution in [3.63, 3.8) is 0 Å². The van der Waals surface area contributed by atoms with E-state index in [4.69, 9.17) is 4.74 Å². The predicted octanol–water partition coefficient (Wildman–Crippen LogP) is 1.90. The van der Waals surface area contributed by atoms with Gasteiger partial charge in [-0.2, -0.15) is 5.10 Å². The molecule has 1 aromatic heterocycles. The van der Waals surface area contributed by atoms with Crippen molar-refractivity contribution >= 4 is 17.5 Å². The molecular formula is C18H20N4O3. The lowest BCUT2D eigenvalue weighted by molar-refractivity contribution is -0.120. The van der Waals surface area contributed by atoms with Crippen LogP contribution in [0.2, 0.25) is 0 Å². The van der Waals surface area contributed by atoms with Crippen molar-refractivity contribution in [2.24, 2.45) is 5.10 Å². The first kappa shape index (κ1) is 18.1. The van der Waals surface area contributed by atoms with E-state index in [0.29, 0.717) is 23.6 Å². The smallest absolute Gasteiger partial charge is 0.271 e. The summed E-state index contributed by atoms with van der Waals surface area (Å²) in [6, 6.07) is 10.3.